The zero-order valence-electron chi connectivity index (χ0n) is 10.2. The summed E-state index contributed by atoms with van der Waals surface area (Å²) < 4.78 is 26.1. The first-order valence-electron chi connectivity index (χ1n) is 6.45. The van der Waals surface area contributed by atoms with Crippen molar-refractivity contribution in [2.75, 3.05) is 18.4 Å². The summed E-state index contributed by atoms with van der Waals surface area (Å²) in [6, 6.07) is 4.04. The van der Waals surface area contributed by atoms with Crippen molar-refractivity contribution in [2.45, 2.75) is 36.6 Å². The van der Waals surface area contributed by atoms with Gasteiger partial charge in [-0.15, -0.1) is 0 Å². The normalized spacial score (nSPS) is 21.1. The van der Waals surface area contributed by atoms with Crippen LogP contribution in [0, 0.1) is 0 Å². The van der Waals surface area contributed by atoms with E-state index in [0.717, 1.165) is 18.7 Å². The van der Waals surface area contributed by atoms with Crippen LogP contribution in [0.5, 0.6) is 0 Å². The molecule has 1 aliphatic heterocycles. The third kappa shape index (κ3) is 2.35. The minimum absolute atomic E-state index is 0.353. The number of aromatic amines is 1. The standard InChI is InChI=1S/C12H17N3O2S/c16-18(17,15-7-1-2-8-15)11-5-6-12(13-9-11)14-10-3-4-10/h5-6,9-10H,1-4,7-8H2,(H,13,14)/p+1. The van der Waals surface area contributed by atoms with Crippen LogP contribution in [0.3, 0.4) is 0 Å². The van der Waals surface area contributed by atoms with E-state index in [0.29, 0.717) is 24.0 Å². The Bertz CT molecular complexity index is 517. The largest absolute Gasteiger partial charge is 0.272 e. The zero-order chi connectivity index (χ0) is 12.6. The monoisotopic (exact) mass is 268 g/mol. The smallest absolute Gasteiger partial charge is 0.272 e. The Labute approximate surface area is 107 Å². The molecule has 0 bridgehead atoms. The van der Waals surface area contributed by atoms with Gasteiger partial charge in [0.1, 0.15) is 11.1 Å². The van der Waals surface area contributed by atoms with Gasteiger partial charge < -0.3 is 0 Å². The predicted octanol–water partition coefficient (Wildman–Crippen LogP) is 0.859. The van der Waals surface area contributed by atoms with Crippen molar-refractivity contribution in [3.63, 3.8) is 0 Å². The molecule has 2 heterocycles. The molecule has 3 rings (SSSR count). The lowest BCUT2D eigenvalue weighted by molar-refractivity contribution is -0.364. The molecule has 1 saturated heterocycles. The summed E-state index contributed by atoms with van der Waals surface area (Å²) in [5.41, 5.74) is 0. The number of nitrogens with zero attached hydrogens (tertiary/aromatic N) is 1. The third-order valence-corrected chi connectivity index (χ3v) is 5.32. The summed E-state index contributed by atoms with van der Waals surface area (Å²) >= 11 is 0. The second-order valence-electron chi connectivity index (χ2n) is 4.97. The number of H-pyrrole nitrogens is 1. The van der Waals surface area contributed by atoms with Crippen LogP contribution in [0.15, 0.2) is 23.2 Å². The molecule has 6 heteroatoms. The van der Waals surface area contributed by atoms with Crippen LogP contribution >= 0.6 is 0 Å². The molecule has 0 unspecified atom stereocenters. The summed E-state index contributed by atoms with van der Waals surface area (Å²) in [6.07, 6.45) is 5.90. The lowest BCUT2D eigenvalue weighted by Gasteiger charge is -2.14. The minimum Gasteiger partial charge on any atom is -0.272 e. The molecule has 0 amide bonds. The van der Waals surface area contributed by atoms with Gasteiger partial charge in [-0.25, -0.2) is 13.4 Å². The first kappa shape index (κ1) is 11.9. The SMILES string of the molecule is O=S(=O)(c1ccc(NC2CC2)[nH+]c1)N1CCCC1. The quantitative estimate of drug-likeness (QED) is 0.881. The van der Waals surface area contributed by atoms with Crippen molar-refractivity contribution in [3.8, 4) is 0 Å². The van der Waals surface area contributed by atoms with E-state index in [2.05, 4.69) is 10.3 Å². The number of hydrogen-bond acceptors (Lipinski definition) is 3. The number of aromatic nitrogens is 1. The van der Waals surface area contributed by atoms with Crippen LogP contribution in [-0.4, -0.2) is 31.9 Å². The highest BCUT2D eigenvalue weighted by Gasteiger charge is 2.29. The van der Waals surface area contributed by atoms with Crippen LogP contribution in [-0.2, 0) is 10.0 Å². The zero-order valence-corrected chi connectivity index (χ0v) is 11.0. The van der Waals surface area contributed by atoms with Gasteiger partial charge in [0, 0.05) is 19.2 Å². The van der Waals surface area contributed by atoms with Crippen LogP contribution in [0.2, 0.25) is 0 Å². The molecule has 5 nitrogen and oxygen atoms in total. The fourth-order valence-electron chi connectivity index (χ4n) is 2.19. The maximum atomic E-state index is 12.3. The molecule has 18 heavy (non-hydrogen) atoms. The molecule has 1 aliphatic carbocycles. The Morgan fingerprint density at radius 2 is 1.94 bits per heavy atom. The maximum Gasteiger partial charge on any atom is 0.272 e. The highest BCUT2D eigenvalue weighted by Crippen LogP contribution is 2.24. The minimum atomic E-state index is -3.29. The van der Waals surface area contributed by atoms with Crippen LogP contribution in [0.1, 0.15) is 25.7 Å². The molecule has 98 valence electrons. The number of anilines is 1. The van der Waals surface area contributed by atoms with E-state index >= 15 is 0 Å². The van der Waals surface area contributed by atoms with Gasteiger partial charge in [0.05, 0.1) is 6.04 Å². The van der Waals surface area contributed by atoms with Crippen molar-refractivity contribution in [2.24, 2.45) is 0 Å². The van der Waals surface area contributed by atoms with E-state index in [4.69, 9.17) is 0 Å². The summed E-state index contributed by atoms with van der Waals surface area (Å²) in [5, 5.41) is 3.30. The van der Waals surface area contributed by atoms with E-state index in [1.54, 1.807) is 22.6 Å². The molecule has 1 saturated carbocycles. The van der Waals surface area contributed by atoms with Gasteiger partial charge >= 0.3 is 0 Å². The first-order chi connectivity index (χ1) is 8.66. The predicted molar refractivity (Wildman–Crippen MR) is 67.6 cm³/mol. The summed E-state index contributed by atoms with van der Waals surface area (Å²) in [5.74, 6) is 0.887. The molecule has 0 atom stereocenters. The summed E-state index contributed by atoms with van der Waals surface area (Å²) in [4.78, 5) is 3.37. The molecule has 0 aromatic carbocycles. The Morgan fingerprint density at radius 3 is 2.50 bits per heavy atom. The highest BCUT2D eigenvalue weighted by atomic mass is 32.2. The van der Waals surface area contributed by atoms with Crippen molar-refractivity contribution in [3.05, 3.63) is 18.3 Å². The average molecular weight is 268 g/mol. The average Bonchev–Trinajstić information content (AvgIpc) is 2.99. The first-order valence-corrected chi connectivity index (χ1v) is 7.89. The fourth-order valence-corrected chi connectivity index (χ4v) is 3.67. The van der Waals surface area contributed by atoms with Crippen molar-refractivity contribution >= 4 is 15.8 Å². The van der Waals surface area contributed by atoms with E-state index in [1.807, 2.05) is 0 Å². The van der Waals surface area contributed by atoms with Gasteiger partial charge in [0.15, 0.2) is 0 Å². The van der Waals surface area contributed by atoms with Crippen molar-refractivity contribution < 1.29 is 13.4 Å². The number of hydrogen-bond donors (Lipinski definition) is 1. The van der Waals surface area contributed by atoms with Crippen molar-refractivity contribution in [1.29, 1.82) is 0 Å². The van der Waals surface area contributed by atoms with Gasteiger partial charge in [-0.05, 0) is 31.7 Å². The van der Waals surface area contributed by atoms with E-state index in [-0.39, 0.29) is 0 Å². The molecule has 2 N–H and O–H groups in total. The number of rotatable bonds is 4. The molecule has 0 spiro atoms. The molecule has 2 aliphatic rings. The summed E-state index contributed by atoms with van der Waals surface area (Å²) in [7, 11) is -3.29. The van der Waals surface area contributed by atoms with E-state index < -0.39 is 10.0 Å². The number of nitrogens with one attached hydrogen (secondary N) is 2. The Morgan fingerprint density at radius 1 is 1.22 bits per heavy atom. The topological polar surface area (TPSA) is 63.6 Å². The van der Waals surface area contributed by atoms with Gasteiger partial charge in [-0.1, -0.05) is 0 Å². The summed E-state index contributed by atoms with van der Waals surface area (Å²) in [6.45, 7) is 1.29. The third-order valence-electron chi connectivity index (χ3n) is 3.42. The fraction of sp³-hybridized carbons (Fsp3) is 0.583. The second kappa shape index (κ2) is 4.51. The van der Waals surface area contributed by atoms with E-state index in [1.165, 1.54) is 12.8 Å². The van der Waals surface area contributed by atoms with Crippen LogP contribution in [0.4, 0.5) is 5.82 Å². The van der Waals surface area contributed by atoms with Crippen LogP contribution in [0.25, 0.3) is 0 Å². The van der Waals surface area contributed by atoms with E-state index in [9.17, 15) is 8.42 Å². The maximum absolute atomic E-state index is 12.3. The second-order valence-corrected chi connectivity index (χ2v) is 6.91. The molecule has 0 radical (unpaired) electrons. The van der Waals surface area contributed by atoms with Gasteiger partial charge in [-0.2, -0.15) is 4.31 Å². The molecule has 1 aromatic heterocycles. The van der Waals surface area contributed by atoms with Crippen molar-refractivity contribution in [1.82, 2.24) is 4.31 Å². The van der Waals surface area contributed by atoms with Gasteiger partial charge in [0.2, 0.25) is 10.0 Å². The van der Waals surface area contributed by atoms with Gasteiger partial charge in [-0.3, -0.25) is 5.32 Å². The molecular formula is C12H18N3O2S+. The molecule has 2 fully saturated rings. The van der Waals surface area contributed by atoms with Crippen LogP contribution < -0.4 is 10.3 Å². The number of sulfonamides is 1. The highest BCUT2D eigenvalue weighted by molar-refractivity contribution is 7.89. The number of pyridine rings is 1. The van der Waals surface area contributed by atoms with Gasteiger partial charge in [0.25, 0.3) is 5.82 Å². The Balaban J connectivity index is 1.78. The lowest BCUT2D eigenvalue weighted by Crippen LogP contribution is -2.29. The molecular weight excluding hydrogens is 250 g/mol. The molecule has 1 aromatic rings. The Hall–Kier alpha value is -1.14. The Kier molecular flexibility index (Phi) is 2.99. The lowest BCUT2D eigenvalue weighted by atomic mass is 10.4.